The molecule has 0 radical (unpaired) electrons. The Labute approximate surface area is 203 Å². The van der Waals surface area contributed by atoms with Crippen molar-refractivity contribution in [3.8, 4) is 0 Å². The standard InChI is InChI=1S/C29H41N3O2/c1-18-5-10-25-24(15-18)30-31-32(25)17-26(33)23-9-8-21-20-7-6-19-16-27(2,34)13-14-28(19,3)22(20)11-12-29(21,23)4/h5,10,15,19-23,34H,6-9,11-14,16-17H2,1-4H3/t19-,20-,21-,22-,23+,27+,28-,29-/m0/s1. The number of carbonyl (C=O) groups is 1. The first-order chi connectivity index (χ1) is 16.1. The van der Waals surface area contributed by atoms with Crippen LogP contribution in [0.4, 0.5) is 0 Å². The monoisotopic (exact) mass is 463 g/mol. The second kappa shape index (κ2) is 7.62. The highest BCUT2D eigenvalue weighted by Gasteiger charge is 2.61. The summed E-state index contributed by atoms with van der Waals surface area (Å²) in [6, 6.07) is 6.16. The van der Waals surface area contributed by atoms with E-state index in [2.05, 4.69) is 37.1 Å². The van der Waals surface area contributed by atoms with E-state index in [4.69, 9.17) is 0 Å². The van der Waals surface area contributed by atoms with Crippen molar-refractivity contribution in [3.05, 3.63) is 23.8 Å². The highest BCUT2D eigenvalue weighted by molar-refractivity contribution is 5.84. The molecular formula is C29H41N3O2. The fraction of sp³-hybridized carbons (Fsp3) is 0.759. The zero-order valence-corrected chi connectivity index (χ0v) is 21.4. The van der Waals surface area contributed by atoms with Crippen molar-refractivity contribution in [2.24, 2.45) is 40.4 Å². The predicted molar refractivity (Wildman–Crippen MR) is 133 cm³/mol. The molecule has 0 unspecified atom stereocenters. The van der Waals surface area contributed by atoms with Crippen molar-refractivity contribution >= 4 is 16.8 Å². The molecule has 2 aromatic rings. The first-order valence-electron chi connectivity index (χ1n) is 13.7. The Morgan fingerprint density at radius 3 is 2.65 bits per heavy atom. The Balaban J connectivity index is 1.21. The average molecular weight is 464 g/mol. The van der Waals surface area contributed by atoms with Crippen molar-refractivity contribution in [1.82, 2.24) is 15.0 Å². The fourth-order valence-corrected chi connectivity index (χ4v) is 9.42. The molecule has 4 fully saturated rings. The quantitative estimate of drug-likeness (QED) is 0.632. The molecule has 4 saturated carbocycles. The Bertz CT molecular complexity index is 1120. The number of ketones is 1. The number of Topliss-reactive ketones (excluding diaryl/α,β-unsaturated/α-hetero) is 1. The van der Waals surface area contributed by atoms with Gasteiger partial charge in [0.05, 0.1) is 11.1 Å². The van der Waals surface area contributed by atoms with Crippen LogP contribution in [0.1, 0.15) is 84.1 Å². The minimum atomic E-state index is -0.477. The van der Waals surface area contributed by atoms with Crippen molar-refractivity contribution < 1.29 is 9.90 Å². The van der Waals surface area contributed by atoms with E-state index in [9.17, 15) is 9.90 Å². The Hall–Kier alpha value is -1.75. The van der Waals surface area contributed by atoms with Crippen LogP contribution in [0, 0.1) is 47.3 Å². The summed E-state index contributed by atoms with van der Waals surface area (Å²) in [4.78, 5) is 13.7. The normalized spacial score (nSPS) is 43.9. The van der Waals surface area contributed by atoms with Gasteiger partial charge in [-0.1, -0.05) is 25.1 Å². The molecule has 0 spiro atoms. The molecule has 184 valence electrons. The third-order valence-electron chi connectivity index (χ3n) is 11.3. The van der Waals surface area contributed by atoms with E-state index < -0.39 is 5.60 Å². The topological polar surface area (TPSA) is 68.0 Å². The molecule has 5 heteroatoms. The third kappa shape index (κ3) is 3.32. The lowest BCUT2D eigenvalue weighted by Crippen LogP contribution is -2.55. The molecule has 1 N–H and O–H groups in total. The molecule has 0 saturated heterocycles. The summed E-state index contributed by atoms with van der Waals surface area (Å²) < 4.78 is 1.82. The number of aliphatic hydroxyl groups is 1. The van der Waals surface area contributed by atoms with Gasteiger partial charge in [-0.05, 0) is 124 Å². The van der Waals surface area contributed by atoms with Gasteiger partial charge in [0.15, 0.2) is 5.78 Å². The molecule has 0 aliphatic heterocycles. The Kier molecular flexibility index (Phi) is 5.09. The largest absolute Gasteiger partial charge is 0.390 e. The van der Waals surface area contributed by atoms with Gasteiger partial charge in [-0.2, -0.15) is 0 Å². The van der Waals surface area contributed by atoms with Gasteiger partial charge in [0.1, 0.15) is 12.1 Å². The molecule has 1 aromatic heterocycles. The zero-order valence-electron chi connectivity index (χ0n) is 21.4. The minimum Gasteiger partial charge on any atom is -0.390 e. The van der Waals surface area contributed by atoms with Crippen LogP contribution < -0.4 is 0 Å². The molecule has 1 heterocycles. The molecule has 4 aliphatic rings. The molecule has 0 amide bonds. The van der Waals surface area contributed by atoms with Gasteiger partial charge in [-0.15, -0.1) is 5.10 Å². The van der Waals surface area contributed by atoms with E-state index in [0.717, 1.165) is 48.6 Å². The number of nitrogens with zero attached hydrogens (tertiary/aromatic N) is 3. The van der Waals surface area contributed by atoms with E-state index in [1.807, 2.05) is 23.7 Å². The first-order valence-corrected chi connectivity index (χ1v) is 13.7. The first kappa shape index (κ1) is 22.7. The highest BCUT2D eigenvalue weighted by Crippen LogP contribution is 2.68. The zero-order chi connectivity index (χ0) is 23.9. The van der Waals surface area contributed by atoms with Crippen molar-refractivity contribution in [1.29, 1.82) is 0 Å². The maximum absolute atomic E-state index is 13.7. The molecule has 34 heavy (non-hydrogen) atoms. The maximum Gasteiger partial charge on any atom is 0.157 e. The lowest BCUT2D eigenvalue weighted by Gasteiger charge is -2.61. The number of hydrogen-bond acceptors (Lipinski definition) is 4. The van der Waals surface area contributed by atoms with Gasteiger partial charge in [-0.3, -0.25) is 4.79 Å². The number of aromatic nitrogens is 3. The molecule has 8 atom stereocenters. The lowest BCUT2D eigenvalue weighted by atomic mass is 9.44. The summed E-state index contributed by atoms with van der Waals surface area (Å²) in [5.41, 5.74) is 3.01. The number of rotatable bonds is 3. The summed E-state index contributed by atoms with van der Waals surface area (Å²) in [6.07, 6.45) is 10.3. The molecule has 0 bridgehead atoms. The summed E-state index contributed by atoms with van der Waals surface area (Å²) in [7, 11) is 0. The molecule has 1 aromatic carbocycles. The van der Waals surface area contributed by atoms with Crippen LogP contribution in [0.15, 0.2) is 18.2 Å². The van der Waals surface area contributed by atoms with E-state index >= 15 is 0 Å². The van der Waals surface area contributed by atoms with Crippen LogP contribution in [0.2, 0.25) is 0 Å². The van der Waals surface area contributed by atoms with E-state index in [1.54, 1.807) is 0 Å². The van der Waals surface area contributed by atoms with Gasteiger partial charge in [0, 0.05) is 5.92 Å². The van der Waals surface area contributed by atoms with Crippen LogP contribution in [-0.2, 0) is 11.3 Å². The van der Waals surface area contributed by atoms with E-state index in [-0.39, 0.29) is 11.3 Å². The number of hydrogen-bond donors (Lipinski definition) is 1. The molecule has 6 rings (SSSR count). The van der Waals surface area contributed by atoms with Crippen LogP contribution >= 0.6 is 0 Å². The van der Waals surface area contributed by atoms with Gasteiger partial charge in [0.25, 0.3) is 0 Å². The Morgan fingerprint density at radius 1 is 1.03 bits per heavy atom. The lowest BCUT2D eigenvalue weighted by molar-refractivity contribution is -0.151. The third-order valence-corrected chi connectivity index (χ3v) is 11.3. The number of fused-ring (bicyclic) bond motifs is 6. The minimum absolute atomic E-state index is 0.120. The summed E-state index contributed by atoms with van der Waals surface area (Å²) >= 11 is 0. The van der Waals surface area contributed by atoms with Gasteiger partial charge in [-0.25, -0.2) is 4.68 Å². The smallest absolute Gasteiger partial charge is 0.157 e. The second-order valence-corrected chi connectivity index (χ2v) is 13.2. The second-order valence-electron chi connectivity index (χ2n) is 13.2. The van der Waals surface area contributed by atoms with Crippen molar-refractivity contribution in [2.45, 2.75) is 97.6 Å². The van der Waals surface area contributed by atoms with Crippen LogP contribution in [0.5, 0.6) is 0 Å². The number of benzene rings is 1. The summed E-state index contributed by atoms with van der Waals surface area (Å²) in [5.74, 6) is 3.32. The van der Waals surface area contributed by atoms with Gasteiger partial charge < -0.3 is 5.11 Å². The molecular weight excluding hydrogens is 422 g/mol. The van der Waals surface area contributed by atoms with Crippen molar-refractivity contribution in [2.75, 3.05) is 0 Å². The molecule has 5 nitrogen and oxygen atoms in total. The summed E-state index contributed by atoms with van der Waals surface area (Å²) in [5, 5.41) is 19.4. The maximum atomic E-state index is 13.7. The van der Waals surface area contributed by atoms with E-state index in [1.165, 1.54) is 37.7 Å². The van der Waals surface area contributed by atoms with Gasteiger partial charge in [0.2, 0.25) is 0 Å². The predicted octanol–water partition coefficient (Wildman–Crippen LogP) is 5.72. The Morgan fingerprint density at radius 2 is 1.82 bits per heavy atom. The SMILES string of the molecule is Cc1ccc2c(c1)nnn2CC(=O)[C@H]1CC[C@H]2[C@@H]3CC[C@H]4C[C@](C)(O)CC[C@]4(C)[C@H]3CC[C@]12C. The molecule has 4 aliphatic carbocycles. The number of carbonyl (C=O) groups excluding carboxylic acids is 1. The van der Waals surface area contributed by atoms with Crippen molar-refractivity contribution in [3.63, 3.8) is 0 Å². The van der Waals surface area contributed by atoms with Gasteiger partial charge >= 0.3 is 0 Å². The summed E-state index contributed by atoms with van der Waals surface area (Å²) in [6.45, 7) is 9.43. The van der Waals surface area contributed by atoms with E-state index in [0.29, 0.717) is 29.6 Å². The highest BCUT2D eigenvalue weighted by atomic mass is 16.3. The van der Waals surface area contributed by atoms with Crippen LogP contribution in [-0.4, -0.2) is 31.5 Å². The van der Waals surface area contributed by atoms with Crippen LogP contribution in [0.25, 0.3) is 11.0 Å². The average Bonchev–Trinajstić information content (AvgIpc) is 3.34. The van der Waals surface area contributed by atoms with Crippen LogP contribution in [0.3, 0.4) is 0 Å². The number of aryl methyl sites for hydroxylation is 1. The fourth-order valence-electron chi connectivity index (χ4n) is 9.42.